The second-order valence-electron chi connectivity index (χ2n) is 4.35. The number of thiocarbonyl (C=S) groups is 1. The Kier molecular flexibility index (Phi) is 11.2. The second kappa shape index (κ2) is 11.7. The fourth-order valence-electron chi connectivity index (χ4n) is 1.83. The van der Waals surface area contributed by atoms with E-state index in [1.165, 1.54) is 25.7 Å². The van der Waals surface area contributed by atoms with Crippen molar-refractivity contribution in [3.63, 3.8) is 0 Å². The molecule has 0 rings (SSSR count). The van der Waals surface area contributed by atoms with E-state index in [-0.39, 0.29) is 5.92 Å². The van der Waals surface area contributed by atoms with Gasteiger partial charge in [-0.05, 0) is 25.1 Å². The lowest BCUT2D eigenvalue weighted by Gasteiger charge is -2.10. The van der Waals surface area contributed by atoms with Crippen molar-refractivity contribution in [2.75, 3.05) is 6.54 Å². The summed E-state index contributed by atoms with van der Waals surface area (Å²) in [7, 11) is 0. The Labute approximate surface area is 109 Å². The van der Waals surface area contributed by atoms with Gasteiger partial charge in [-0.3, -0.25) is 4.79 Å². The first-order valence-electron chi connectivity index (χ1n) is 6.48. The van der Waals surface area contributed by atoms with Gasteiger partial charge in [0.1, 0.15) is 0 Å². The Morgan fingerprint density at radius 1 is 1.24 bits per heavy atom. The number of aliphatic carboxylic acids is 1. The summed E-state index contributed by atoms with van der Waals surface area (Å²) in [6, 6.07) is 0. The van der Waals surface area contributed by atoms with Crippen molar-refractivity contribution in [2.45, 2.75) is 58.3 Å². The molecule has 0 radical (unpaired) electrons. The molecule has 1 unspecified atom stereocenters. The molecule has 0 aromatic carbocycles. The average molecular weight is 257 g/mol. The van der Waals surface area contributed by atoms with Gasteiger partial charge in [-0.15, -0.1) is 0 Å². The summed E-state index contributed by atoms with van der Waals surface area (Å²) in [6.07, 6.45) is 8.49. The minimum absolute atomic E-state index is 0.270. The number of carbonyl (C=O) groups is 1. The molecule has 0 bridgehead atoms. The van der Waals surface area contributed by atoms with Gasteiger partial charge in [0.25, 0.3) is 0 Å². The summed E-state index contributed by atoms with van der Waals surface area (Å²) >= 11 is 4.45. The van der Waals surface area contributed by atoms with Gasteiger partial charge in [0.2, 0.25) is 0 Å². The Balaban J connectivity index is 3.63. The maximum Gasteiger partial charge on any atom is 0.306 e. The van der Waals surface area contributed by atoms with E-state index >= 15 is 0 Å². The predicted octanol–water partition coefficient (Wildman–Crippen LogP) is 3.93. The van der Waals surface area contributed by atoms with Crippen molar-refractivity contribution in [1.29, 1.82) is 0 Å². The zero-order valence-electron chi connectivity index (χ0n) is 10.7. The van der Waals surface area contributed by atoms with E-state index in [1.807, 2.05) is 0 Å². The summed E-state index contributed by atoms with van der Waals surface area (Å²) in [5.41, 5.74) is 0. The van der Waals surface area contributed by atoms with Crippen LogP contribution in [-0.4, -0.2) is 22.8 Å². The lowest BCUT2D eigenvalue weighted by Crippen LogP contribution is -2.14. The molecule has 17 heavy (non-hydrogen) atoms. The smallest absolute Gasteiger partial charge is 0.306 e. The number of aliphatic imine (C=N–C) groups is 1. The van der Waals surface area contributed by atoms with Gasteiger partial charge in [0.05, 0.1) is 17.6 Å². The van der Waals surface area contributed by atoms with Crippen LogP contribution in [0.5, 0.6) is 0 Å². The highest BCUT2D eigenvalue weighted by Gasteiger charge is 2.15. The van der Waals surface area contributed by atoms with Crippen LogP contribution in [0.1, 0.15) is 58.3 Å². The van der Waals surface area contributed by atoms with Gasteiger partial charge >= 0.3 is 5.97 Å². The Morgan fingerprint density at radius 2 is 1.88 bits per heavy atom. The van der Waals surface area contributed by atoms with Crippen LogP contribution in [0.4, 0.5) is 0 Å². The van der Waals surface area contributed by atoms with Crippen molar-refractivity contribution >= 4 is 23.3 Å². The summed E-state index contributed by atoms with van der Waals surface area (Å²) in [5, 5.41) is 11.3. The van der Waals surface area contributed by atoms with E-state index in [9.17, 15) is 4.79 Å². The molecule has 1 N–H and O–H groups in total. The second-order valence-corrected chi connectivity index (χ2v) is 4.54. The molecule has 4 heteroatoms. The predicted molar refractivity (Wildman–Crippen MR) is 73.6 cm³/mol. The molecule has 0 aromatic rings. The third-order valence-electron chi connectivity index (χ3n) is 2.91. The fraction of sp³-hybridized carbons (Fsp3) is 0.846. The van der Waals surface area contributed by atoms with E-state index in [2.05, 4.69) is 29.3 Å². The molecular formula is C13H23NO2S. The lowest BCUT2D eigenvalue weighted by atomic mass is 9.97. The number of hydrogen-bond donors (Lipinski definition) is 1. The number of isothiocyanates is 1. The quantitative estimate of drug-likeness (QED) is 0.346. The maximum absolute atomic E-state index is 11.0. The lowest BCUT2D eigenvalue weighted by molar-refractivity contribution is -0.142. The van der Waals surface area contributed by atoms with Gasteiger partial charge in [-0.25, -0.2) is 4.99 Å². The molecule has 3 nitrogen and oxygen atoms in total. The monoisotopic (exact) mass is 257 g/mol. The number of rotatable bonds is 11. The average Bonchev–Trinajstić information content (AvgIpc) is 2.31. The van der Waals surface area contributed by atoms with E-state index in [1.54, 1.807) is 0 Å². The molecule has 0 aromatic heterocycles. The van der Waals surface area contributed by atoms with E-state index < -0.39 is 5.97 Å². The van der Waals surface area contributed by atoms with Crippen LogP contribution in [0.15, 0.2) is 4.99 Å². The Morgan fingerprint density at radius 3 is 2.47 bits per heavy atom. The standard InChI is InChI=1S/C13H23NO2S/c1-2-3-4-5-6-7-8-12(13(15)16)9-10-14-11-17/h12H,2-10H2,1H3,(H,15,16). The minimum Gasteiger partial charge on any atom is -0.481 e. The Hall–Kier alpha value is -0.730. The number of carboxylic acid groups (broad SMARTS) is 1. The van der Waals surface area contributed by atoms with Gasteiger partial charge in [-0.2, -0.15) is 0 Å². The third-order valence-corrected chi connectivity index (χ3v) is 3.04. The minimum atomic E-state index is -0.710. The van der Waals surface area contributed by atoms with Gasteiger partial charge in [0, 0.05) is 0 Å². The topological polar surface area (TPSA) is 49.7 Å². The van der Waals surface area contributed by atoms with Crippen molar-refractivity contribution in [3.8, 4) is 0 Å². The first-order valence-corrected chi connectivity index (χ1v) is 6.89. The van der Waals surface area contributed by atoms with Crippen molar-refractivity contribution in [2.24, 2.45) is 10.9 Å². The van der Waals surface area contributed by atoms with Crippen molar-refractivity contribution in [1.82, 2.24) is 0 Å². The number of unbranched alkanes of at least 4 members (excludes halogenated alkanes) is 5. The molecule has 0 saturated carbocycles. The molecule has 0 saturated heterocycles. The van der Waals surface area contributed by atoms with Crippen LogP contribution >= 0.6 is 12.2 Å². The maximum atomic E-state index is 11.0. The summed E-state index contributed by atoms with van der Waals surface area (Å²) in [4.78, 5) is 14.7. The molecular weight excluding hydrogens is 234 g/mol. The molecule has 1 atom stereocenters. The highest BCUT2D eigenvalue weighted by atomic mass is 32.1. The fourth-order valence-corrected chi connectivity index (χ4v) is 1.92. The zero-order valence-corrected chi connectivity index (χ0v) is 11.5. The summed E-state index contributed by atoms with van der Waals surface area (Å²) in [5.74, 6) is -0.980. The first-order chi connectivity index (χ1) is 8.22. The van der Waals surface area contributed by atoms with Crippen LogP contribution in [-0.2, 0) is 4.79 Å². The molecule has 0 spiro atoms. The zero-order chi connectivity index (χ0) is 12.9. The van der Waals surface area contributed by atoms with E-state index in [0.29, 0.717) is 13.0 Å². The van der Waals surface area contributed by atoms with E-state index in [4.69, 9.17) is 5.11 Å². The highest BCUT2D eigenvalue weighted by Crippen LogP contribution is 2.15. The number of carboxylic acids is 1. The molecule has 0 aliphatic carbocycles. The molecule has 0 aliphatic heterocycles. The van der Waals surface area contributed by atoms with Gasteiger partial charge in [-0.1, -0.05) is 45.4 Å². The van der Waals surface area contributed by atoms with Crippen LogP contribution in [0.2, 0.25) is 0 Å². The first kappa shape index (κ1) is 16.3. The summed E-state index contributed by atoms with van der Waals surface area (Å²) < 4.78 is 0. The van der Waals surface area contributed by atoms with Gasteiger partial charge < -0.3 is 5.11 Å². The van der Waals surface area contributed by atoms with Crippen LogP contribution in [0.25, 0.3) is 0 Å². The van der Waals surface area contributed by atoms with Crippen LogP contribution < -0.4 is 0 Å². The molecule has 98 valence electrons. The van der Waals surface area contributed by atoms with Crippen molar-refractivity contribution in [3.05, 3.63) is 0 Å². The van der Waals surface area contributed by atoms with Crippen LogP contribution in [0.3, 0.4) is 0 Å². The van der Waals surface area contributed by atoms with Gasteiger partial charge in [0.15, 0.2) is 0 Å². The largest absolute Gasteiger partial charge is 0.481 e. The Bertz CT molecular complexity index is 250. The normalized spacial score (nSPS) is 11.8. The number of hydrogen-bond acceptors (Lipinski definition) is 3. The summed E-state index contributed by atoms with van der Waals surface area (Å²) in [6.45, 7) is 2.67. The SMILES string of the molecule is CCCCCCCCC(CCN=C=S)C(=O)O. The molecule has 0 amide bonds. The van der Waals surface area contributed by atoms with E-state index in [0.717, 1.165) is 19.3 Å². The van der Waals surface area contributed by atoms with Crippen molar-refractivity contribution < 1.29 is 9.90 Å². The number of nitrogens with zero attached hydrogens (tertiary/aromatic N) is 1. The molecule has 0 heterocycles. The molecule has 0 aliphatic rings. The molecule has 0 fully saturated rings. The van der Waals surface area contributed by atoms with Crippen LogP contribution in [0, 0.1) is 5.92 Å². The third kappa shape index (κ3) is 10.2. The highest BCUT2D eigenvalue weighted by molar-refractivity contribution is 7.78.